The molecule has 2 rings (SSSR count). The summed E-state index contributed by atoms with van der Waals surface area (Å²) in [5, 5.41) is 0. The third-order valence-electron chi connectivity index (χ3n) is 6.80. The van der Waals surface area contributed by atoms with E-state index >= 15 is 0 Å². The molecule has 2 aromatic rings. The molecule has 2 heteroatoms. The molecule has 0 aromatic heterocycles. The third kappa shape index (κ3) is 6.02. The van der Waals surface area contributed by atoms with Gasteiger partial charge in [-0.15, -0.1) is 0 Å². The zero-order chi connectivity index (χ0) is 24.2. The van der Waals surface area contributed by atoms with Gasteiger partial charge in [0.15, 0.2) is 0 Å². The molecule has 0 unspecified atom stereocenters. The van der Waals surface area contributed by atoms with E-state index in [0.29, 0.717) is 0 Å². The average molecular weight is 439 g/mol. The summed E-state index contributed by atoms with van der Waals surface area (Å²) >= 11 is 0. The minimum Gasteiger partial charge on any atom is -0.225 e. The predicted octanol–water partition coefficient (Wildman–Crippen LogP) is 8.96. The van der Waals surface area contributed by atoms with Gasteiger partial charge < -0.3 is 0 Å². The highest BCUT2D eigenvalue weighted by molar-refractivity contribution is 5.46. The van der Waals surface area contributed by atoms with Crippen molar-refractivity contribution < 1.29 is 9.78 Å². The van der Waals surface area contributed by atoms with Crippen LogP contribution in [0.1, 0.15) is 117 Å². The van der Waals surface area contributed by atoms with Crippen molar-refractivity contribution in [1.29, 1.82) is 0 Å². The van der Waals surface area contributed by atoms with Gasteiger partial charge in [-0.05, 0) is 73.6 Å². The van der Waals surface area contributed by atoms with E-state index in [4.69, 9.17) is 9.78 Å². The molecule has 2 aromatic carbocycles. The molecule has 0 saturated carbocycles. The fraction of sp³-hybridized carbons (Fsp3) is 0.600. The first-order valence-electron chi connectivity index (χ1n) is 12.4. The Balaban J connectivity index is 2.52. The highest BCUT2D eigenvalue weighted by Crippen LogP contribution is 2.45. The summed E-state index contributed by atoms with van der Waals surface area (Å²) in [6, 6.07) is 17.0. The van der Waals surface area contributed by atoms with Crippen LogP contribution in [0.2, 0.25) is 0 Å². The van der Waals surface area contributed by atoms with Crippen molar-refractivity contribution in [2.75, 3.05) is 0 Å². The molecule has 32 heavy (non-hydrogen) atoms. The van der Waals surface area contributed by atoms with Crippen molar-refractivity contribution in [3.05, 3.63) is 70.8 Å². The van der Waals surface area contributed by atoms with Crippen LogP contribution >= 0.6 is 0 Å². The molecule has 0 aliphatic heterocycles. The van der Waals surface area contributed by atoms with Crippen LogP contribution in [0.15, 0.2) is 48.5 Å². The van der Waals surface area contributed by atoms with Crippen molar-refractivity contribution in [2.45, 2.75) is 117 Å². The monoisotopic (exact) mass is 438 g/mol. The largest absolute Gasteiger partial charge is 0.225 e. The topological polar surface area (TPSA) is 18.5 Å². The van der Waals surface area contributed by atoms with E-state index in [-0.39, 0.29) is 10.8 Å². The van der Waals surface area contributed by atoms with Gasteiger partial charge in [0.25, 0.3) is 0 Å². The Kier molecular flexibility index (Phi) is 8.40. The molecule has 178 valence electrons. The van der Waals surface area contributed by atoms with Gasteiger partial charge in [0.2, 0.25) is 0 Å². The lowest BCUT2D eigenvalue weighted by molar-refractivity contribution is -0.410. The Bertz CT molecular complexity index is 860. The normalized spacial score (nSPS) is 13.4. The first kappa shape index (κ1) is 26.6. The Morgan fingerprint density at radius 2 is 1.06 bits per heavy atom. The molecule has 0 radical (unpaired) electrons. The van der Waals surface area contributed by atoms with Crippen LogP contribution in [-0.4, -0.2) is 0 Å². The van der Waals surface area contributed by atoms with Crippen LogP contribution < -0.4 is 0 Å². The predicted molar refractivity (Wildman–Crippen MR) is 137 cm³/mol. The Labute approximate surface area is 197 Å². The van der Waals surface area contributed by atoms with Crippen molar-refractivity contribution in [3.63, 3.8) is 0 Å². The fourth-order valence-corrected chi connectivity index (χ4v) is 5.00. The number of hydrogen-bond donors (Lipinski definition) is 0. The van der Waals surface area contributed by atoms with Crippen LogP contribution in [0.5, 0.6) is 0 Å². The Hall–Kier alpha value is -1.64. The van der Waals surface area contributed by atoms with Crippen LogP contribution in [0.4, 0.5) is 0 Å². The van der Waals surface area contributed by atoms with Gasteiger partial charge in [-0.3, -0.25) is 0 Å². The highest BCUT2D eigenvalue weighted by atomic mass is 17.2. The standard InChI is InChI=1S/C30H46O2/c1-11-21-27(3,4)24-19-16-20-25(26(24)28(5,6)22-12-2)30(9,10)32-31-29(7,8)23-17-14-13-15-18-23/h13-20H,11-12,21-22H2,1-10H3. The maximum atomic E-state index is 6.28. The Morgan fingerprint density at radius 3 is 1.62 bits per heavy atom. The summed E-state index contributed by atoms with van der Waals surface area (Å²) in [7, 11) is 0. The summed E-state index contributed by atoms with van der Waals surface area (Å²) in [5.74, 6) is 0. The minimum absolute atomic E-state index is 0.0429. The van der Waals surface area contributed by atoms with Gasteiger partial charge in [-0.1, -0.05) is 103 Å². The second-order valence-electron chi connectivity index (χ2n) is 11.5. The van der Waals surface area contributed by atoms with Crippen LogP contribution in [0, 0.1) is 0 Å². The maximum Gasteiger partial charge on any atom is 0.123 e. The Morgan fingerprint density at radius 1 is 0.562 bits per heavy atom. The van der Waals surface area contributed by atoms with E-state index in [9.17, 15) is 0 Å². The number of hydrogen-bond acceptors (Lipinski definition) is 2. The van der Waals surface area contributed by atoms with Gasteiger partial charge in [0.05, 0.1) is 0 Å². The molecule has 0 heterocycles. The molecular formula is C30H46O2. The molecule has 0 atom stereocenters. The van der Waals surface area contributed by atoms with Gasteiger partial charge in [0, 0.05) is 0 Å². The lowest BCUT2D eigenvalue weighted by atomic mass is 9.67. The van der Waals surface area contributed by atoms with Gasteiger partial charge in [-0.25, -0.2) is 9.78 Å². The first-order valence-corrected chi connectivity index (χ1v) is 12.4. The second kappa shape index (κ2) is 10.1. The molecule has 0 bridgehead atoms. The molecule has 0 spiro atoms. The molecule has 2 nitrogen and oxygen atoms in total. The number of benzene rings is 2. The van der Waals surface area contributed by atoms with E-state index in [0.717, 1.165) is 24.8 Å². The molecular weight excluding hydrogens is 392 g/mol. The molecule has 0 aliphatic carbocycles. The smallest absolute Gasteiger partial charge is 0.123 e. The molecule has 0 N–H and O–H groups in total. The summed E-state index contributed by atoms with van der Waals surface area (Å²) in [4.78, 5) is 12.4. The van der Waals surface area contributed by atoms with E-state index in [1.165, 1.54) is 23.1 Å². The molecule has 0 fully saturated rings. The molecule has 0 saturated heterocycles. The summed E-state index contributed by atoms with van der Waals surface area (Å²) in [6.07, 6.45) is 4.60. The van der Waals surface area contributed by atoms with Gasteiger partial charge in [0.1, 0.15) is 11.2 Å². The molecule has 0 aliphatic rings. The third-order valence-corrected chi connectivity index (χ3v) is 6.80. The van der Waals surface area contributed by atoms with Gasteiger partial charge in [-0.2, -0.15) is 0 Å². The fourth-order valence-electron chi connectivity index (χ4n) is 5.00. The summed E-state index contributed by atoms with van der Waals surface area (Å²) < 4.78 is 0. The minimum atomic E-state index is -0.593. The number of rotatable bonds is 11. The lowest BCUT2D eigenvalue weighted by Gasteiger charge is -2.40. The lowest BCUT2D eigenvalue weighted by Crippen LogP contribution is -2.35. The van der Waals surface area contributed by atoms with E-state index in [1.54, 1.807) is 0 Å². The average Bonchev–Trinajstić information content (AvgIpc) is 2.72. The molecule has 0 amide bonds. The summed E-state index contributed by atoms with van der Waals surface area (Å²) in [5.41, 5.74) is 4.19. The van der Waals surface area contributed by atoms with E-state index < -0.39 is 11.2 Å². The van der Waals surface area contributed by atoms with Crippen LogP contribution in [-0.2, 0) is 31.8 Å². The quantitative estimate of drug-likeness (QED) is 0.257. The maximum absolute atomic E-state index is 6.28. The van der Waals surface area contributed by atoms with Crippen LogP contribution in [0.25, 0.3) is 0 Å². The van der Waals surface area contributed by atoms with Crippen molar-refractivity contribution in [3.8, 4) is 0 Å². The SMILES string of the molecule is CCCC(C)(C)c1cccc(C(C)(C)OOC(C)(C)c2ccccc2)c1C(C)(C)CCC. The zero-order valence-electron chi connectivity index (χ0n) is 22.3. The highest BCUT2D eigenvalue weighted by Gasteiger charge is 2.38. The van der Waals surface area contributed by atoms with Crippen molar-refractivity contribution >= 4 is 0 Å². The zero-order valence-corrected chi connectivity index (χ0v) is 22.3. The first-order chi connectivity index (χ1) is 14.8. The summed E-state index contributed by atoms with van der Waals surface area (Å²) in [6.45, 7) is 22.4. The van der Waals surface area contributed by atoms with E-state index in [2.05, 4.69) is 99.6 Å². The van der Waals surface area contributed by atoms with Crippen LogP contribution in [0.3, 0.4) is 0 Å². The van der Waals surface area contributed by atoms with E-state index in [1.807, 2.05) is 18.2 Å². The van der Waals surface area contributed by atoms with Crippen molar-refractivity contribution in [2.24, 2.45) is 0 Å². The van der Waals surface area contributed by atoms with Gasteiger partial charge >= 0.3 is 0 Å². The second-order valence-corrected chi connectivity index (χ2v) is 11.5. The van der Waals surface area contributed by atoms with Crippen molar-refractivity contribution in [1.82, 2.24) is 0 Å².